The van der Waals surface area contributed by atoms with Gasteiger partial charge in [0.2, 0.25) is 17.7 Å². The Labute approximate surface area is 191 Å². The summed E-state index contributed by atoms with van der Waals surface area (Å²) in [6.07, 6.45) is 0.493. The van der Waals surface area contributed by atoms with E-state index in [-0.39, 0.29) is 6.42 Å². The van der Waals surface area contributed by atoms with Crippen molar-refractivity contribution in [3.8, 4) is 0 Å². The SMILES string of the molecule is N[C@@H](CO)C(=O)N[C@@H](Cc1cnc[nH]1)C(=O)N[C@@H](CCC(=O)O)C(=O)N[C@@H](CC(=O)O)C(=O)O. The van der Waals surface area contributed by atoms with E-state index in [0.717, 1.165) is 0 Å². The molecule has 0 aliphatic carbocycles. The van der Waals surface area contributed by atoms with Crippen molar-refractivity contribution in [2.75, 3.05) is 6.61 Å². The fraction of sp³-hybridized carbons (Fsp3) is 0.500. The molecule has 1 rings (SSSR count). The molecule has 1 heterocycles. The number of carbonyl (C=O) groups is 6. The number of aliphatic hydroxyl groups is 1. The van der Waals surface area contributed by atoms with Crippen molar-refractivity contribution in [3.05, 3.63) is 18.2 Å². The quantitative estimate of drug-likeness (QED) is 0.115. The van der Waals surface area contributed by atoms with Gasteiger partial charge in [0.25, 0.3) is 0 Å². The van der Waals surface area contributed by atoms with Gasteiger partial charge >= 0.3 is 17.9 Å². The third-order valence-electron chi connectivity index (χ3n) is 4.42. The molecule has 16 nitrogen and oxygen atoms in total. The van der Waals surface area contributed by atoms with Gasteiger partial charge in [-0.05, 0) is 6.42 Å². The number of aliphatic carboxylic acids is 3. The van der Waals surface area contributed by atoms with E-state index in [4.69, 9.17) is 26.2 Å². The Bertz CT molecular complexity index is 890. The zero-order valence-corrected chi connectivity index (χ0v) is 17.8. The van der Waals surface area contributed by atoms with Crippen LogP contribution in [-0.4, -0.2) is 96.8 Å². The number of aliphatic hydroxyl groups excluding tert-OH is 1. The molecule has 0 saturated carbocycles. The molecule has 16 heteroatoms. The van der Waals surface area contributed by atoms with E-state index in [2.05, 4.69) is 20.6 Å². The van der Waals surface area contributed by atoms with Gasteiger partial charge < -0.3 is 47.1 Å². The van der Waals surface area contributed by atoms with Crippen LogP contribution in [0.5, 0.6) is 0 Å². The minimum atomic E-state index is -1.84. The van der Waals surface area contributed by atoms with Crippen LogP contribution in [-0.2, 0) is 35.2 Å². The number of amides is 3. The number of carboxylic acid groups (broad SMARTS) is 3. The average Bonchev–Trinajstić information content (AvgIpc) is 3.27. The summed E-state index contributed by atoms with van der Waals surface area (Å²) < 4.78 is 0. The second-order valence-electron chi connectivity index (χ2n) is 7.12. The van der Waals surface area contributed by atoms with Crippen molar-refractivity contribution >= 4 is 35.6 Å². The second-order valence-corrected chi connectivity index (χ2v) is 7.12. The molecule has 1 aromatic heterocycles. The number of nitrogens with two attached hydrogens (primary N) is 1. The number of carboxylic acids is 3. The summed E-state index contributed by atoms with van der Waals surface area (Å²) in [5.74, 6) is -7.46. The van der Waals surface area contributed by atoms with E-state index in [1.807, 2.05) is 5.32 Å². The van der Waals surface area contributed by atoms with Crippen LogP contribution in [0.3, 0.4) is 0 Å². The summed E-state index contributed by atoms with van der Waals surface area (Å²) in [7, 11) is 0. The van der Waals surface area contributed by atoms with Crippen LogP contribution in [0.25, 0.3) is 0 Å². The van der Waals surface area contributed by atoms with E-state index in [1.165, 1.54) is 12.5 Å². The number of aromatic amines is 1. The first-order valence-electron chi connectivity index (χ1n) is 9.85. The Morgan fingerprint density at radius 1 is 0.912 bits per heavy atom. The van der Waals surface area contributed by atoms with Crippen LogP contribution in [0.15, 0.2) is 12.5 Å². The topological polar surface area (TPSA) is 274 Å². The van der Waals surface area contributed by atoms with Crippen molar-refractivity contribution in [3.63, 3.8) is 0 Å². The van der Waals surface area contributed by atoms with Crippen molar-refractivity contribution in [2.24, 2.45) is 5.73 Å². The van der Waals surface area contributed by atoms with Crippen LogP contribution >= 0.6 is 0 Å². The van der Waals surface area contributed by atoms with Gasteiger partial charge in [0, 0.05) is 24.7 Å². The first-order chi connectivity index (χ1) is 15.9. The van der Waals surface area contributed by atoms with Gasteiger partial charge in [-0.25, -0.2) is 9.78 Å². The van der Waals surface area contributed by atoms with E-state index in [1.54, 1.807) is 0 Å². The van der Waals surface area contributed by atoms with Crippen molar-refractivity contribution < 1.29 is 49.2 Å². The average molecular weight is 486 g/mol. The van der Waals surface area contributed by atoms with E-state index in [0.29, 0.717) is 5.69 Å². The van der Waals surface area contributed by atoms with Gasteiger partial charge in [0.15, 0.2) is 0 Å². The number of hydrogen-bond acceptors (Lipinski definition) is 9. The van der Waals surface area contributed by atoms with Gasteiger partial charge in [0.1, 0.15) is 24.2 Å². The maximum Gasteiger partial charge on any atom is 0.326 e. The first kappa shape index (κ1) is 28.0. The largest absolute Gasteiger partial charge is 0.481 e. The number of aromatic nitrogens is 2. The van der Waals surface area contributed by atoms with Crippen LogP contribution in [0.4, 0.5) is 0 Å². The molecule has 4 atom stereocenters. The fourth-order valence-corrected chi connectivity index (χ4v) is 2.64. The maximum atomic E-state index is 12.9. The van der Waals surface area contributed by atoms with Crippen LogP contribution in [0, 0.1) is 0 Å². The van der Waals surface area contributed by atoms with Crippen molar-refractivity contribution in [1.29, 1.82) is 0 Å². The molecule has 0 bridgehead atoms. The normalized spacial score (nSPS) is 14.2. The summed E-state index contributed by atoms with van der Waals surface area (Å²) in [6, 6.07) is -6.11. The third-order valence-corrected chi connectivity index (χ3v) is 4.42. The molecule has 0 fully saturated rings. The summed E-state index contributed by atoms with van der Waals surface area (Å²) in [4.78, 5) is 77.1. The highest BCUT2D eigenvalue weighted by molar-refractivity contribution is 5.95. The standard InChI is InChI=1S/C18H26N6O10/c19-9(6-25)15(30)23-11(3-8-5-20-7-21-8)17(32)22-10(1-2-13(26)27)16(31)24-12(18(33)34)4-14(28)29/h5,7,9-12,25H,1-4,6,19H2,(H,20,21)(H,22,32)(H,23,30)(H,24,31)(H,26,27)(H,28,29)(H,33,34)/t9-,10-,11-,12-/m0/s1. The summed E-state index contributed by atoms with van der Waals surface area (Å²) >= 11 is 0. The molecule has 3 amide bonds. The summed E-state index contributed by atoms with van der Waals surface area (Å²) in [5.41, 5.74) is 5.84. The second kappa shape index (κ2) is 13.5. The number of hydrogen-bond donors (Lipinski definition) is 9. The van der Waals surface area contributed by atoms with Gasteiger partial charge in [-0.15, -0.1) is 0 Å². The molecule has 10 N–H and O–H groups in total. The summed E-state index contributed by atoms with van der Waals surface area (Å²) in [6.45, 7) is -0.714. The number of H-pyrrole nitrogens is 1. The predicted molar refractivity (Wildman–Crippen MR) is 110 cm³/mol. The van der Waals surface area contributed by atoms with Crippen molar-refractivity contribution in [2.45, 2.75) is 49.9 Å². The number of rotatable bonds is 15. The number of nitrogens with one attached hydrogen (secondary N) is 4. The molecule has 0 spiro atoms. The molecule has 0 aromatic carbocycles. The fourth-order valence-electron chi connectivity index (χ4n) is 2.64. The Morgan fingerprint density at radius 2 is 1.50 bits per heavy atom. The maximum absolute atomic E-state index is 12.9. The smallest absolute Gasteiger partial charge is 0.326 e. The summed E-state index contributed by atoms with van der Waals surface area (Å²) in [5, 5.41) is 42.4. The van der Waals surface area contributed by atoms with Gasteiger partial charge in [-0.1, -0.05) is 0 Å². The molecule has 0 aliphatic rings. The lowest BCUT2D eigenvalue weighted by atomic mass is 10.1. The lowest BCUT2D eigenvalue weighted by Gasteiger charge is -2.24. The monoisotopic (exact) mass is 486 g/mol. The number of nitrogens with zero attached hydrogens (tertiary/aromatic N) is 1. The highest BCUT2D eigenvalue weighted by Crippen LogP contribution is 2.05. The predicted octanol–water partition coefficient (Wildman–Crippen LogP) is -3.85. The molecule has 1 aromatic rings. The Hall–Kier alpha value is -4.05. The van der Waals surface area contributed by atoms with Crippen molar-refractivity contribution in [1.82, 2.24) is 25.9 Å². The highest BCUT2D eigenvalue weighted by atomic mass is 16.4. The van der Waals surface area contributed by atoms with Gasteiger partial charge in [0.05, 0.1) is 19.4 Å². The third kappa shape index (κ3) is 9.61. The van der Waals surface area contributed by atoms with E-state index >= 15 is 0 Å². The molecule has 34 heavy (non-hydrogen) atoms. The van der Waals surface area contributed by atoms with E-state index in [9.17, 15) is 28.8 Å². The molecule has 0 radical (unpaired) electrons. The Morgan fingerprint density at radius 3 is 2.00 bits per heavy atom. The van der Waals surface area contributed by atoms with Crippen LogP contribution < -0.4 is 21.7 Å². The zero-order chi connectivity index (χ0) is 25.8. The molecule has 188 valence electrons. The van der Waals surface area contributed by atoms with Gasteiger partial charge in [-0.2, -0.15) is 0 Å². The van der Waals surface area contributed by atoms with Crippen LogP contribution in [0.2, 0.25) is 0 Å². The number of imidazole rings is 1. The molecular formula is C18H26N6O10. The molecule has 0 saturated heterocycles. The minimum Gasteiger partial charge on any atom is -0.481 e. The lowest BCUT2D eigenvalue weighted by Crippen LogP contribution is -2.58. The Kier molecular flexibility index (Phi) is 11.1. The highest BCUT2D eigenvalue weighted by Gasteiger charge is 2.31. The van der Waals surface area contributed by atoms with Crippen LogP contribution in [0.1, 0.15) is 25.0 Å². The van der Waals surface area contributed by atoms with E-state index < -0.39 is 85.7 Å². The molecule has 0 unspecified atom stereocenters. The number of carbonyl (C=O) groups excluding carboxylic acids is 3. The van der Waals surface area contributed by atoms with Gasteiger partial charge in [-0.3, -0.25) is 24.0 Å². The molecular weight excluding hydrogens is 460 g/mol. The lowest BCUT2D eigenvalue weighted by molar-refractivity contribution is -0.147. The first-order valence-corrected chi connectivity index (χ1v) is 9.85. The molecule has 0 aliphatic heterocycles. The zero-order valence-electron chi connectivity index (χ0n) is 17.8. The minimum absolute atomic E-state index is 0.153. The Balaban J connectivity index is 3.07.